The zero-order valence-electron chi connectivity index (χ0n) is 24.9. The summed E-state index contributed by atoms with van der Waals surface area (Å²) in [5.41, 5.74) is 7.03. The van der Waals surface area contributed by atoms with Crippen LogP contribution < -0.4 is 10.5 Å². The van der Waals surface area contributed by atoms with Gasteiger partial charge in [0, 0.05) is 43.0 Å². The number of nitrogen functional groups attached to an aromatic ring is 1. The smallest absolute Gasteiger partial charge is 0.265 e. The second-order valence-corrected chi connectivity index (χ2v) is 13.5. The molecule has 2 aromatic carbocycles. The molecule has 3 N–H and O–H groups in total. The standard InChI is InChI=1S/C31H34F4N6O3S/c1-17(2)41-30-22(18-3-6-20(7-4-18)40-9-11-44-12-10-40)16-37-31(36)28(30)29(38-41)21-14-25(35)26(15-24(21)34)39-45(42,43)27-13-19(32)5-8-23(27)33/h5,8,13-18,20,39H,3-4,6-7,9-12H2,1-2H3,(H2,36,37)/t18-,20-. The highest BCUT2D eigenvalue weighted by Gasteiger charge is 2.32. The molecular formula is C31H34F4N6O3S. The molecule has 1 saturated heterocycles. The minimum Gasteiger partial charge on any atom is -0.383 e. The lowest BCUT2D eigenvalue weighted by atomic mass is 9.81. The average Bonchev–Trinajstić information content (AvgIpc) is 3.42. The summed E-state index contributed by atoms with van der Waals surface area (Å²) in [6.45, 7) is 7.19. The van der Waals surface area contributed by atoms with E-state index in [0.29, 0.717) is 35.1 Å². The fraction of sp³-hybridized carbons (Fsp3) is 0.419. The molecule has 2 aromatic heterocycles. The Hall–Kier alpha value is -3.75. The van der Waals surface area contributed by atoms with E-state index in [-0.39, 0.29) is 29.0 Å². The largest absolute Gasteiger partial charge is 0.383 e. The van der Waals surface area contributed by atoms with Gasteiger partial charge in [0.15, 0.2) is 0 Å². The van der Waals surface area contributed by atoms with Gasteiger partial charge < -0.3 is 10.5 Å². The van der Waals surface area contributed by atoms with Gasteiger partial charge in [-0.3, -0.25) is 14.3 Å². The van der Waals surface area contributed by atoms with Crippen molar-refractivity contribution in [3.63, 3.8) is 0 Å². The number of aromatic nitrogens is 3. The van der Waals surface area contributed by atoms with E-state index in [0.717, 1.165) is 69.7 Å². The molecule has 1 aliphatic carbocycles. The fourth-order valence-corrected chi connectivity index (χ4v) is 7.61. The van der Waals surface area contributed by atoms with Crippen molar-refractivity contribution in [1.82, 2.24) is 19.7 Å². The van der Waals surface area contributed by atoms with Gasteiger partial charge in [0.1, 0.15) is 39.7 Å². The number of rotatable bonds is 7. The van der Waals surface area contributed by atoms with Crippen LogP contribution in [-0.2, 0) is 14.8 Å². The predicted molar refractivity (Wildman–Crippen MR) is 162 cm³/mol. The Morgan fingerprint density at radius 2 is 1.69 bits per heavy atom. The quantitative estimate of drug-likeness (QED) is 0.238. The zero-order chi connectivity index (χ0) is 32.0. The summed E-state index contributed by atoms with van der Waals surface area (Å²) < 4.78 is 93.5. The molecule has 2 fully saturated rings. The summed E-state index contributed by atoms with van der Waals surface area (Å²) in [6, 6.07) is 3.59. The fourth-order valence-electron chi connectivity index (χ4n) is 6.46. The lowest BCUT2D eigenvalue weighted by Gasteiger charge is -2.39. The molecule has 1 saturated carbocycles. The van der Waals surface area contributed by atoms with E-state index in [4.69, 9.17) is 10.5 Å². The van der Waals surface area contributed by atoms with Gasteiger partial charge >= 0.3 is 0 Å². The highest BCUT2D eigenvalue weighted by atomic mass is 32.2. The molecule has 0 spiro atoms. The van der Waals surface area contributed by atoms with Crippen LogP contribution in [0.1, 0.15) is 57.1 Å². The number of morpholine rings is 1. The predicted octanol–water partition coefficient (Wildman–Crippen LogP) is 5.98. The van der Waals surface area contributed by atoms with Gasteiger partial charge in [0.2, 0.25) is 0 Å². The van der Waals surface area contributed by atoms with Gasteiger partial charge in [0.05, 0.1) is 29.8 Å². The van der Waals surface area contributed by atoms with Crippen LogP contribution in [0.3, 0.4) is 0 Å². The number of halogens is 4. The van der Waals surface area contributed by atoms with E-state index in [9.17, 15) is 17.2 Å². The number of ether oxygens (including phenoxy) is 1. The maximum atomic E-state index is 15.7. The zero-order valence-corrected chi connectivity index (χ0v) is 25.7. The second kappa shape index (κ2) is 12.2. The lowest BCUT2D eigenvalue weighted by Crippen LogP contribution is -2.44. The molecule has 2 aliphatic rings. The normalized spacial score (nSPS) is 19.8. The molecule has 9 nitrogen and oxygen atoms in total. The van der Waals surface area contributed by atoms with Crippen LogP contribution in [0.4, 0.5) is 29.1 Å². The van der Waals surface area contributed by atoms with Crippen molar-refractivity contribution in [2.75, 3.05) is 36.8 Å². The summed E-state index contributed by atoms with van der Waals surface area (Å²) >= 11 is 0. The third-order valence-electron chi connectivity index (χ3n) is 8.71. The number of hydrogen-bond donors (Lipinski definition) is 2. The molecule has 3 heterocycles. The first-order chi connectivity index (χ1) is 21.4. The van der Waals surface area contributed by atoms with Crippen LogP contribution in [0.5, 0.6) is 0 Å². The molecule has 1 aliphatic heterocycles. The monoisotopic (exact) mass is 646 g/mol. The Bertz CT molecular complexity index is 1850. The minimum atomic E-state index is -4.79. The van der Waals surface area contributed by atoms with E-state index in [1.807, 2.05) is 18.6 Å². The highest BCUT2D eigenvalue weighted by molar-refractivity contribution is 7.92. The third-order valence-corrected chi connectivity index (χ3v) is 10.1. The van der Waals surface area contributed by atoms with E-state index in [1.54, 1.807) is 10.9 Å². The Labute approximate surface area is 258 Å². The molecule has 0 bridgehead atoms. The van der Waals surface area contributed by atoms with Gasteiger partial charge in [-0.1, -0.05) is 0 Å². The molecule has 0 unspecified atom stereocenters. The molecule has 0 atom stereocenters. The molecule has 4 aromatic rings. The molecule has 0 amide bonds. The van der Waals surface area contributed by atoms with E-state index in [1.165, 1.54) is 0 Å². The van der Waals surface area contributed by atoms with Gasteiger partial charge in [-0.05, 0) is 75.3 Å². The Kier molecular flexibility index (Phi) is 8.48. The highest BCUT2D eigenvalue weighted by Crippen LogP contribution is 2.43. The number of nitrogens with two attached hydrogens (primary N) is 1. The first-order valence-electron chi connectivity index (χ1n) is 14.9. The number of nitrogens with one attached hydrogen (secondary N) is 1. The van der Waals surface area contributed by atoms with E-state index >= 15 is 8.78 Å². The van der Waals surface area contributed by atoms with Gasteiger partial charge in [-0.15, -0.1) is 0 Å². The molecule has 240 valence electrons. The molecule has 0 radical (unpaired) electrons. The topological polar surface area (TPSA) is 115 Å². The van der Waals surface area contributed by atoms with Crippen LogP contribution >= 0.6 is 0 Å². The number of anilines is 2. The first-order valence-corrected chi connectivity index (χ1v) is 16.4. The van der Waals surface area contributed by atoms with Crippen molar-refractivity contribution in [3.05, 3.63) is 65.4 Å². The Morgan fingerprint density at radius 1 is 0.978 bits per heavy atom. The number of fused-ring (bicyclic) bond motifs is 1. The molecular weight excluding hydrogens is 612 g/mol. The van der Waals surface area contributed by atoms with Gasteiger partial charge in [0.25, 0.3) is 10.0 Å². The van der Waals surface area contributed by atoms with E-state index in [2.05, 4.69) is 15.0 Å². The van der Waals surface area contributed by atoms with Crippen LogP contribution in [-0.4, -0.2) is 60.4 Å². The van der Waals surface area contributed by atoms with Crippen LogP contribution in [0.15, 0.2) is 41.4 Å². The first kappa shape index (κ1) is 31.2. The molecule has 45 heavy (non-hydrogen) atoms. The molecule has 6 rings (SSSR count). The van der Waals surface area contributed by atoms with Crippen LogP contribution in [0, 0.1) is 23.3 Å². The van der Waals surface area contributed by atoms with E-state index < -0.39 is 43.9 Å². The van der Waals surface area contributed by atoms with Crippen molar-refractivity contribution in [3.8, 4) is 11.3 Å². The number of pyridine rings is 1. The summed E-state index contributed by atoms with van der Waals surface area (Å²) in [5.74, 6) is -4.14. The maximum Gasteiger partial charge on any atom is 0.265 e. The maximum absolute atomic E-state index is 15.7. The van der Waals surface area contributed by atoms with Gasteiger partial charge in [-0.2, -0.15) is 5.10 Å². The SMILES string of the molecule is CC(C)n1nc(-c2cc(F)c(NS(=O)(=O)c3cc(F)ccc3F)cc2F)c2c(N)ncc([C@H]3CC[C@H](N4CCOCC4)CC3)c21. The number of sulfonamides is 1. The average molecular weight is 647 g/mol. The number of benzene rings is 2. The Balaban J connectivity index is 1.36. The minimum absolute atomic E-state index is 0.0644. The van der Waals surface area contributed by atoms with Crippen molar-refractivity contribution in [2.24, 2.45) is 0 Å². The third kappa shape index (κ3) is 5.98. The number of nitrogens with zero attached hydrogens (tertiary/aromatic N) is 4. The van der Waals surface area contributed by atoms with Crippen molar-refractivity contribution < 1.29 is 30.7 Å². The van der Waals surface area contributed by atoms with Crippen LogP contribution in [0.2, 0.25) is 0 Å². The summed E-state index contributed by atoms with van der Waals surface area (Å²) in [7, 11) is -4.79. The van der Waals surface area contributed by atoms with Gasteiger partial charge in [-0.25, -0.2) is 31.0 Å². The van der Waals surface area contributed by atoms with Crippen molar-refractivity contribution in [2.45, 2.75) is 62.4 Å². The lowest BCUT2D eigenvalue weighted by molar-refractivity contribution is 0.00731. The summed E-state index contributed by atoms with van der Waals surface area (Å²) in [4.78, 5) is 5.89. The van der Waals surface area contributed by atoms with Crippen molar-refractivity contribution in [1.29, 1.82) is 0 Å². The summed E-state index contributed by atoms with van der Waals surface area (Å²) in [6.07, 6.45) is 5.62. The molecule has 14 heteroatoms. The Morgan fingerprint density at radius 3 is 2.38 bits per heavy atom. The van der Waals surface area contributed by atoms with Crippen molar-refractivity contribution >= 4 is 32.4 Å². The summed E-state index contributed by atoms with van der Waals surface area (Å²) in [5, 5.41) is 5.06. The van der Waals surface area contributed by atoms with Crippen LogP contribution in [0.25, 0.3) is 22.2 Å². The second-order valence-electron chi connectivity index (χ2n) is 11.9. The number of hydrogen-bond acceptors (Lipinski definition) is 7.